The zero-order valence-corrected chi connectivity index (χ0v) is 16.6. The lowest BCUT2D eigenvalue weighted by Gasteiger charge is -2.07. The first-order valence-corrected chi connectivity index (χ1v) is 9.70. The van der Waals surface area contributed by atoms with Gasteiger partial charge in [0.2, 0.25) is 5.91 Å². The third-order valence-corrected chi connectivity index (χ3v) is 4.53. The largest absolute Gasteiger partial charge is 0.460 e. The minimum Gasteiger partial charge on any atom is -0.460 e. The van der Waals surface area contributed by atoms with E-state index in [1.807, 2.05) is 36.6 Å². The minimum atomic E-state index is -0.208. The number of carbonyl (C=O) groups excluding carboxylic acids is 1. The smallest absolute Gasteiger partial charge is 0.336 e. The Kier molecular flexibility index (Phi) is 7.12. The van der Waals surface area contributed by atoms with Gasteiger partial charge < -0.3 is 19.5 Å². The monoisotopic (exact) mass is 402 g/mol. The van der Waals surface area contributed by atoms with Gasteiger partial charge in [0.1, 0.15) is 13.2 Å². The molecule has 0 atom stereocenters. The second-order valence-electron chi connectivity index (χ2n) is 5.68. The summed E-state index contributed by atoms with van der Waals surface area (Å²) in [4.78, 5) is 17.1. The van der Waals surface area contributed by atoms with Crippen LogP contribution >= 0.6 is 11.3 Å². The predicted octanol–water partition coefficient (Wildman–Crippen LogP) is 3.00. The van der Waals surface area contributed by atoms with Crippen molar-refractivity contribution in [1.82, 2.24) is 14.8 Å². The van der Waals surface area contributed by atoms with E-state index in [1.54, 1.807) is 28.2 Å². The van der Waals surface area contributed by atoms with Gasteiger partial charge in [0.15, 0.2) is 5.82 Å². The van der Waals surface area contributed by atoms with Crippen molar-refractivity contribution in [3.63, 3.8) is 0 Å². The van der Waals surface area contributed by atoms with E-state index >= 15 is 0 Å². The molecule has 28 heavy (non-hydrogen) atoms. The highest BCUT2D eigenvalue weighted by Crippen LogP contribution is 2.27. The van der Waals surface area contributed by atoms with Crippen LogP contribution in [0.25, 0.3) is 16.4 Å². The summed E-state index contributed by atoms with van der Waals surface area (Å²) >= 11 is 1.57. The number of benzene rings is 1. The number of nitrogens with zero attached hydrogens (tertiary/aromatic N) is 3. The molecule has 0 aliphatic carbocycles. The molecule has 2 heterocycles. The SMILES string of the molecule is CCOCCOc1nc(-c2cccs2)n(-c2ccc(NC(=O)COC)cc2)n1. The molecule has 148 valence electrons. The summed E-state index contributed by atoms with van der Waals surface area (Å²) < 4.78 is 17.4. The normalized spacial score (nSPS) is 10.8. The minimum absolute atomic E-state index is 0.00972. The second kappa shape index (κ2) is 9.98. The fourth-order valence-corrected chi connectivity index (χ4v) is 3.15. The maximum absolute atomic E-state index is 11.6. The van der Waals surface area contributed by atoms with Crippen molar-refractivity contribution in [3.8, 4) is 22.4 Å². The lowest BCUT2D eigenvalue weighted by Crippen LogP contribution is -2.17. The molecule has 0 radical (unpaired) electrons. The number of methoxy groups -OCH3 is 1. The van der Waals surface area contributed by atoms with Crippen LogP contribution in [0.4, 0.5) is 5.69 Å². The first-order valence-electron chi connectivity index (χ1n) is 8.82. The summed E-state index contributed by atoms with van der Waals surface area (Å²) in [5.74, 6) is 0.484. The Hall–Kier alpha value is -2.75. The van der Waals surface area contributed by atoms with Crippen LogP contribution in [0.2, 0.25) is 0 Å². The Morgan fingerprint density at radius 3 is 2.71 bits per heavy atom. The summed E-state index contributed by atoms with van der Waals surface area (Å²) in [6.07, 6.45) is 0. The first-order chi connectivity index (χ1) is 13.7. The Morgan fingerprint density at radius 2 is 2.04 bits per heavy atom. The van der Waals surface area contributed by atoms with Gasteiger partial charge >= 0.3 is 6.01 Å². The van der Waals surface area contributed by atoms with Crippen LogP contribution in [0, 0.1) is 0 Å². The molecule has 0 spiro atoms. The molecule has 0 unspecified atom stereocenters. The molecule has 3 aromatic rings. The molecule has 3 rings (SSSR count). The van der Waals surface area contributed by atoms with Crippen LogP contribution in [-0.4, -0.2) is 54.2 Å². The predicted molar refractivity (Wildman–Crippen MR) is 107 cm³/mol. The number of carbonyl (C=O) groups is 1. The van der Waals surface area contributed by atoms with Crippen molar-refractivity contribution < 1.29 is 19.0 Å². The number of hydrogen-bond donors (Lipinski definition) is 1. The highest BCUT2D eigenvalue weighted by molar-refractivity contribution is 7.13. The molecule has 0 saturated heterocycles. The Labute approximate surface area is 167 Å². The number of ether oxygens (including phenoxy) is 3. The number of nitrogens with one attached hydrogen (secondary N) is 1. The average Bonchev–Trinajstić information content (AvgIpc) is 3.36. The number of rotatable bonds is 10. The zero-order valence-electron chi connectivity index (χ0n) is 15.8. The van der Waals surface area contributed by atoms with Crippen LogP contribution in [0.5, 0.6) is 6.01 Å². The van der Waals surface area contributed by atoms with Crippen LogP contribution in [0.3, 0.4) is 0 Å². The molecule has 1 amide bonds. The van der Waals surface area contributed by atoms with E-state index in [1.165, 1.54) is 7.11 Å². The van der Waals surface area contributed by atoms with Crippen LogP contribution in [0.15, 0.2) is 41.8 Å². The maximum Gasteiger partial charge on any atom is 0.336 e. The molecule has 0 aliphatic rings. The summed E-state index contributed by atoms with van der Waals surface area (Å²) in [5.41, 5.74) is 1.48. The number of anilines is 1. The third-order valence-electron chi connectivity index (χ3n) is 3.66. The van der Waals surface area contributed by atoms with Crippen LogP contribution in [0.1, 0.15) is 6.92 Å². The van der Waals surface area contributed by atoms with Crippen molar-refractivity contribution in [2.75, 3.05) is 38.9 Å². The Bertz CT molecular complexity index is 878. The van der Waals surface area contributed by atoms with Gasteiger partial charge in [-0.1, -0.05) is 6.07 Å². The average molecular weight is 402 g/mol. The molecule has 1 aromatic carbocycles. The van der Waals surface area contributed by atoms with Gasteiger partial charge in [0.05, 0.1) is 17.2 Å². The standard InChI is InChI=1S/C19H22N4O4S/c1-3-26-10-11-27-19-21-18(16-5-4-12-28-16)23(22-19)15-8-6-14(7-9-15)20-17(24)13-25-2/h4-9,12H,3,10-11,13H2,1-2H3,(H,20,24). The van der Waals surface area contributed by atoms with Gasteiger partial charge in [-0.25, -0.2) is 4.68 Å². The third kappa shape index (κ3) is 5.16. The van der Waals surface area contributed by atoms with Gasteiger partial charge in [-0.05, 0) is 42.6 Å². The maximum atomic E-state index is 11.6. The quantitative estimate of drug-likeness (QED) is 0.525. The molecule has 0 saturated carbocycles. The number of aromatic nitrogens is 3. The van der Waals surface area contributed by atoms with Crippen molar-refractivity contribution in [3.05, 3.63) is 41.8 Å². The summed E-state index contributed by atoms with van der Waals surface area (Å²) in [6.45, 7) is 3.44. The summed E-state index contributed by atoms with van der Waals surface area (Å²) in [6, 6.07) is 11.6. The number of hydrogen-bond acceptors (Lipinski definition) is 7. The lowest BCUT2D eigenvalue weighted by atomic mass is 10.2. The van der Waals surface area contributed by atoms with Crippen molar-refractivity contribution >= 4 is 22.9 Å². The molecule has 1 N–H and O–H groups in total. The molecular formula is C19H22N4O4S. The summed E-state index contributed by atoms with van der Waals surface area (Å²) in [5, 5.41) is 9.23. The molecule has 0 fully saturated rings. The van der Waals surface area contributed by atoms with E-state index in [0.29, 0.717) is 37.3 Å². The Morgan fingerprint density at radius 1 is 1.21 bits per heavy atom. The van der Waals surface area contributed by atoms with E-state index < -0.39 is 0 Å². The summed E-state index contributed by atoms with van der Waals surface area (Å²) in [7, 11) is 1.48. The van der Waals surface area contributed by atoms with E-state index in [4.69, 9.17) is 14.2 Å². The van der Waals surface area contributed by atoms with Crippen molar-refractivity contribution in [2.45, 2.75) is 6.92 Å². The molecule has 8 nitrogen and oxygen atoms in total. The Balaban J connectivity index is 1.81. The van der Waals surface area contributed by atoms with E-state index in [9.17, 15) is 4.79 Å². The fourth-order valence-electron chi connectivity index (χ4n) is 2.45. The van der Waals surface area contributed by atoms with Crippen LogP contribution < -0.4 is 10.1 Å². The van der Waals surface area contributed by atoms with Gasteiger partial charge in [-0.15, -0.1) is 16.4 Å². The van der Waals surface area contributed by atoms with Gasteiger partial charge in [0.25, 0.3) is 0 Å². The first kappa shape index (κ1) is 20.0. The van der Waals surface area contributed by atoms with Crippen LogP contribution in [-0.2, 0) is 14.3 Å². The highest BCUT2D eigenvalue weighted by atomic mass is 32.1. The van der Waals surface area contributed by atoms with Crippen molar-refractivity contribution in [1.29, 1.82) is 0 Å². The molecular weight excluding hydrogens is 380 g/mol. The zero-order chi connectivity index (χ0) is 19.8. The molecule has 0 aliphatic heterocycles. The van der Waals surface area contributed by atoms with E-state index in [-0.39, 0.29) is 12.5 Å². The van der Waals surface area contributed by atoms with Gasteiger partial charge in [-0.2, -0.15) is 4.98 Å². The molecule has 2 aromatic heterocycles. The molecule has 0 bridgehead atoms. The number of thiophene rings is 1. The highest BCUT2D eigenvalue weighted by Gasteiger charge is 2.15. The number of amides is 1. The van der Waals surface area contributed by atoms with E-state index in [0.717, 1.165) is 10.6 Å². The topological polar surface area (TPSA) is 87.5 Å². The molecule has 9 heteroatoms. The fraction of sp³-hybridized carbons (Fsp3) is 0.316. The van der Waals surface area contributed by atoms with Gasteiger partial charge in [0, 0.05) is 19.4 Å². The van der Waals surface area contributed by atoms with Gasteiger partial charge in [-0.3, -0.25) is 4.79 Å². The van der Waals surface area contributed by atoms with Crippen molar-refractivity contribution in [2.24, 2.45) is 0 Å². The lowest BCUT2D eigenvalue weighted by molar-refractivity contribution is -0.119. The second-order valence-corrected chi connectivity index (χ2v) is 6.63. The van der Waals surface area contributed by atoms with E-state index in [2.05, 4.69) is 15.4 Å².